The minimum Gasteiger partial charge on any atom is -0.480 e. The molecule has 1 aromatic carbocycles. The van der Waals surface area contributed by atoms with E-state index in [4.69, 9.17) is 16.7 Å². The third-order valence-electron chi connectivity index (χ3n) is 2.54. The number of hydrogen-bond donors (Lipinski definition) is 1. The van der Waals surface area contributed by atoms with Crippen molar-refractivity contribution in [1.82, 2.24) is 0 Å². The maximum Gasteiger partial charge on any atom is 0.321 e. The van der Waals surface area contributed by atoms with E-state index in [-0.39, 0.29) is 12.2 Å². The number of hydrogen-bond acceptors (Lipinski definition) is 3. The van der Waals surface area contributed by atoms with Crippen LogP contribution in [-0.4, -0.2) is 24.7 Å². The largest absolute Gasteiger partial charge is 0.480 e. The smallest absolute Gasteiger partial charge is 0.321 e. The zero-order valence-electron chi connectivity index (χ0n) is 9.97. The Balaban J connectivity index is 2.92. The van der Waals surface area contributed by atoms with E-state index < -0.39 is 21.1 Å². The molecule has 1 unspecified atom stereocenters. The lowest BCUT2D eigenvalue weighted by Gasteiger charge is -2.12. The van der Waals surface area contributed by atoms with Gasteiger partial charge < -0.3 is 5.11 Å². The van der Waals surface area contributed by atoms with Crippen LogP contribution in [-0.2, 0) is 20.4 Å². The third-order valence-corrected chi connectivity index (χ3v) is 4.83. The highest BCUT2D eigenvalue weighted by Crippen LogP contribution is 2.17. The topological polar surface area (TPSA) is 71.4 Å². The molecule has 0 amide bonds. The lowest BCUT2D eigenvalue weighted by molar-refractivity contribution is -0.136. The molecule has 1 rings (SSSR count). The molecular weight excluding hydrogens is 276 g/mol. The molecule has 0 bridgehead atoms. The van der Waals surface area contributed by atoms with Gasteiger partial charge in [0.1, 0.15) is 0 Å². The van der Waals surface area contributed by atoms with Gasteiger partial charge in [0.05, 0.1) is 5.75 Å². The Morgan fingerprint density at radius 1 is 1.33 bits per heavy atom. The summed E-state index contributed by atoms with van der Waals surface area (Å²) in [6.07, 6.45) is 0.641. The van der Waals surface area contributed by atoms with E-state index in [0.717, 1.165) is 0 Å². The Kier molecular flexibility index (Phi) is 5.16. The normalized spacial score (nSPS) is 13.2. The van der Waals surface area contributed by atoms with Crippen LogP contribution in [0.15, 0.2) is 24.3 Å². The zero-order chi connectivity index (χ0) is 13.8. The molecule has 1 atom stereocenters. The van der Waals surface area contributed by atoms with Gasteiger partial charge in [-0.05, 0) is 24.1 Å². The van der Waals surface area contributed by atoms with Gasteiger partial charge in [-0.15, -0.1) is 0 Å². The Morgan fingerprint density at radius 2 is 1.89 bits per heavy atom. The number of halogens is 1. The number of rotatable bonds is 6. The van der Waals surface area contributed by atoms with E-state index in [9.17, 15) is 13.2 Å². The van der Waals surface area contributed by atoms with E-state index in [2.05, 4.69) is 0 Å². The van der Waals surface area contributed by atoms with Crippen LogP contribution in [0.2, 0.25) is 5.02 Å². The number of carboxylic acids is 1. The fourth-order valence-corrected chi connectivity index (χ4v) is 3.52. The Morgan fingerprint density at radius 3 is 2.33 bits per heavy atom. The molecule has 4 nitrogen and oxygen atoms in total. The van der Waals surface area contributed by atoms with Gasteiger partial charge in [0, 0.05) is 5.02 Å². The quantitative estimate of drug-likeness (QED) is 0.874. The van der Waals surface area contributed by atoms with Crippen molar-refractivity contribution in [3.05, 3.63) is 34.9 Å². The van der Waals surface area contributed by atoms with Crippen LogP contribution >= 0.6 is 11.6 Å². The maximum absolute atomic E-state index is 12.0. The highest BCUT2D eigenvalue weighted by molar-refractivity contribution is 7.92. The number of carboxylic acid groups (broad SMARTS) is 1. The summed E-state index contributed by atoms with van der Waals surface area (Å²) < 4.78 is 24.0. The lowest BCUT2D eigenvalue weighted by Crippen LogP contribution is -2.31. The summed E-state index contributed by atoms with van der Waals surface area (Å²) >= 11 is 5.70. The molecule has 0 radical (unpaired) electrons. The Hall–Kier alpha value is -1.07. The molecule has 0 saturated heterocycles. The van der Waals surface area contributed by atoms with E-state index in [1.54, 1.807) is 31.2 Å². The third kappa shape index (κ3) is 3.99. The van der Waals surface area contributed by atoms with Gasteiger partial charge in [-0.3, -0.25) is 4.79 Å². The van der Waals surface area contributed by atoms with E-state index in [1.165, 1.54) is 0 Å². The molecule has 1 aromatic rings. The highest BCUT2D eigenvalue weighted by Gasteiger charge is 2.31. The zero-order valence-corrected chi connectivity index (χ0v) is 11.5. The first-order chi connectivity index (χ1) is 8.36. The van der Waals surface area contributed by atoms with E-state index in [1.807, 2.05) is 0 Å². The van der Waals surface area contributed by atoms with E-state index in [0.29, 0.717) is 17.0 Å². The van der Waals surface area contributed by atoms with Crippen molar-refractivity contribution in [2.45, 2.75) is 30.8 Å². The van der Waals surface area contributed by atoms with Crippen molar-refractivity contribution < 1.29 is 18.3 Å². The first kappa shape index (κ1) is 15.0. The molecule has 6 heteroatoms. The molecule has 0 aliphatic carbocycles. The summed E-state index contributed by atoms with van der Waals surface area (Å²) in [6.45, 7) is 1.76. The fourth-order valence-electron chi connectivity index (χ4n) is 1.63. The first-order valence-electron chi connectivity index (χ1n) is 5.55. The van der Waals surface area contributed by atoms with Crippen LogP contribution in [0.25, 0.3) is 0 Å². The second-order valence-electron chi connectivity index (χ2n) is 4.05. The summed E-state index contributed by atoms with van der Waals surface area (Å²) in [5.41, 5.74) is 0.543. The Bertz CT molecular complexity index is 507. The molecule has 0 spiro atoms. The van der Waals surface area contributed by atoms with Crippen LogP contribution < -0.4 is 0 Å². The van der Waals surface area contributed by atoms with Crippen molar-refractivity contribution in [3.8, 4) is 0 Å². The van der Waals surface area contributed by atoms with Crippen LogP contribution in [0.1, 0.15) is 25.3 Å². The van der Waals surface area contributed by atoms with Gasteiger partial charge in [0.25, 0.3) is 0 Å². The van der Waals surface area contributed by atoms with Gasteiger partial charge >= 0.3 is 5.97 Å². The van der Waals surface area contributed by atoms with Gasteiger partial charge in [0.15, 0.2) is 15.1 Å². The van der Waals surface area contributed by atoms with Crippen molar-refractivity contribution >= 4 is 27.4 Å². The molecule has 0 aliphatic rings. The molecule has 18 heavy (non-hydrogen) atoms. The second-order valence-corrected chi connectivity index (χ2v) is 6.67. The minimum absolute atomic E-state index is 0.130. The average Bonchev–Trinajstić information content (AvgIpc) is 2.28. The van der Waals surface area contributed by atoms with Crippen molar-refractivity contribution in [3.63, 3.8) is 0 Å². The highest BCUT2D eigenvalue weighted by atomic mass is 35.5. The molecule has 100 valence electrons. The molecule has 0 fully saturated rings. The van der Waals surface area contributed by atoms with Crippen LogP contribution in [0.3, 0.4) is 0 Å². The SMILES string of the molecule is CCCC(C(=O)O)S(=O)(=O)Cc1ccc(Cl)cc1. The van der Waals surface area contributed by atoms with Crippen LogP contribution in [0.5, 0.6) is 0 Å². The summed E-state index contributed by atoms with van der Waals surface area (Å²) in [6, 6.07) is 6.35. The number of benzene rings is 1. The molecule has 0 aliphatic heterocycles. The lowest BCUT2D eigenvalue weighted by atomic mass is 10.2. The maximum atomic E-state index is 12.0. The predicted molar refractivity (Wildman–Crippen MR) is 70.4 cm³/mol. The molecule has 1 N–H and O–H groups in total. The van der Waals surface area contributed by atoms with E-state index >= 15 is 0 Å². The predicted octanol–water partition coefficient (Wildman–Crippen LogP) is 2.51. The molecule has 0 saturated carbocycles. The second kappa shape index (κ2) is 6.20. The molecule has 0 aromatic heterocycles. The van der Waals surface area contributed by atoms with Crippen LogP contribution in [0, 0.1) is 0 Å². The number of sulfone groups is 1. The van der Waals surface area contributed by atoms with Gasteiger partial charge in [-0.1, -0.05) is 37.1 Å². The monoisotopic (exact) mass is 290 g/mol. The Labute approximate surface area is 112 Å². The summed E-state index contributed by atoms with van der Waals surface area (Å²) in [4.78, 5) is 11.0. The number of aliphatic carboxylic acids is 1. The van der Waals surface area contributed by atoms with Gasteiger partial charge in [0.2, 0.25) is 0 Å². The van der Waals surface area contributed by atoms with Crippen molar-refractivity contribution in [2.75, 3.05) is 0 Å². The summed E-state index contributed by atoms with van der Waals surface area (Å²) in [7, 11) is -3.69. The number of carbonyl (C=O) groups is 1. The van der Waals surface area contributed by atoms with Gasteiger partial charge in [-0.2, -0.15) is 0 Å². The first-order valence-corrected chi connectivity index (χ1v) is 7.65. The average molecular weight is 291 g/mol. The standard InChI is InChI=1S/C12H15ClO4S/c1-2-3-11(12(14)15)18(16,17)8-9-4-6-10(13)7-5-9/h4-7,11H,2-3,8H2,1H3,(H,14,15). The van der Waals surface area contributed by atoms with Crippen molar-refractivity contribution in [1.29, 1.82) is 0 Å². The summed E-state index contributed by atoms with van der Waals surface area (Å²) in [5.74, 6) is -1.56. The minimum atomic E-state index is -3.69. The molecular formula is C12H15ClO4S. The van der Waals surface area contributed by atoms with Crippen LogP contribution in [0.4, 0.5) is 0 Å². The molecule has 0 heterocycles. The van der Waals surface area contributed by atoms with Crippen molar-refractivity contribution in [2.24, 2.45) is 0 Å². The van der Waals surface area contributed by atoms with Gasteiger partial charge in [-0.25, -0.2) is 8.42 Å². The fraction of sp³-hybridized carbons (Fsp3) is 0.417. The summed E-state index contributed by atoms with van der Waals surface area (Å²) in [5, 5.41) is 8.14.